The maximum atomic E-state index is 5.13. The van der Waals surface area contributed by atoms with E-state index in [0.717, 1.165) is 31.1 Å². The lowest BCUT2D eigenvalue weighted by atomic mass is 10.7. The van der Waals surface area contributed by atoms with Gasteiger partial charge in [0.05, 0.1) is 0 Å². The molecule has 94 valence electrons. The Balaban J connectivity index is 3.26. The van der Waals surface area contributed by atoms with Crippen LogP contribution in [0.5, 0.6) is 0 Å². The van der Waals surface area contributed by atoms with Crippen LogP contribution in [0.1, 0.15) is 0 Å². The maximum absolute atomic E-state index is 5.13. The monoisotopic (exact) mass is 262 g/mol. The lowest BCUT2D eigenvalue weighted by Gasteiger charge is -2.13. The molecular formula is C10H22O4Si2. The minimum absolute atomic E-state index is 0.0348. The van der Waals surface area contributed by atoms with Crippen LogP contribution >= 0.6 is 0 Å². The molecule has 0 bridgehead atoms. The van der Waals surface area contributed by atoms with Gasteiger partial charge in [-0.2, -0.15) is 0 Å². The number of methoxy groups -OCH3 is 4. The fourth-order valence-electron chi connectivity index (χ4n) is 1.14. The van der Waals surface area contributed by atoms with E-state index in [2.05, 4.69) is 0 Å². The molecule has 0 saturated carbocycles. The van der Waals surface area contributed by atoms with E-state index in [9.17, 15) is 0 Å². The molecule has 0 atom stereocenters. The van der Waals surface area contributed by atoms with Crippen molar-refractivity contribution in [1.29, 1.82) is 0 Å². The minimum atomic E-state index is -0.0348. The highest BCUT2D eigenvalue weighted by Crippen LogP contribution is 2.04. The van der Waals surface area contributed by atoms with Crippen molar-refractivity contribution in [1.82, 2.24) is 0 Å². The van der Waals surface area contributed by atoms with Crippen molar-refractivity contribution in [2.24, 2.45) is 0 Å². The highest BCUT2D eigenvalue weighted by Gasteiger charge is 2.06. The molecule has 0 aliphatic carbocycles. The molecule has 4 radical (unpaired) electrons. The number of hydrogen-bond donors (Lipinski definition) is 0. The lowest BCUT2D eigenvalue weighted by molar-refractivity contribution is -0.0879. The van der Waals surface area contributed by atoms with Gasteiger partial charge < -0.3 is 18.9 Å². The Kier molecular flexibility index (Phi) is 12.0. The zero-order chi connectivity index (χ0) is 12.2. The molecule has 0 spiro atoms. The van der Waals surface area contributed by atoms with Crippen LogP contribution in [0.3, 0.4) is 0 Å². The Bertz CT molecular complexity index is 125. The van der Waals surface area contributed by atoms with Gasteiger partial charge in [-0.25, -0.2) is 0 Å². The largest absolute Gasteiger partial charge is 0.356 e. The molecule has 6 heteroatoms. The summed E-state index contributed by atoms with van der Waals surface area (Å²) in [5, 5.41) is 0. The van der Waals surface area contributed by atoms with Gasteiger partial charge in [-0.3, -0.25) is 0 Å². The Morgan fingerprint density at radius 2 is 1.00 bits per heavy atom. The van der Waals surface area contributed by atoms with Crippen LogP contribution in [0.15, 0.2) is 0 Å². The average Bonchev–Trinajstić information content (AvgIpc) is 2.33. The van der Waals surface area contributed by atoms with Crippen molar-refractivity contribution in [3.63, 3.8) is 0 Å². The SMILES string of the molecule is COC(C[Si]CC[Si]CC(OC)OC)OC. The van der Waals surface area contributed by atoms with E-state index < -0.39 is 0 Å². The number of hydrogen-bond acceptors (Lipinski definition) is 4. The summed E-state index contributed by atoms with van der Waals surface area (Å²) < 4.78 is 20.5. The average molecular weight is 262 g/mol. The summed E-state index contributed by atoms with van der Waals surface area (Å²) in [5.41, 5.74) is 0. The molecule has 0 aromatic carbocycles. The first-order chi connectivity index (χ1) is 7.78. The summed E-state index contributed by atoms with van der Waals surface area (Å²) in [7, 11) is 8.54. The van der Waals surface area contributed by atoms with Crippen molar-refractivity contribution < 1.29 is 18.9 Å². The van der Waals surface area contributed by atoms with Crippen LogP contribution in [0.25, 0.3) is 0 Å². The topological polar surface area (TPSA) is 36.9 Å². The molecule has 0 aromatic heterocycles. The van der Waals surface area contributed by atoms with Crippen LogP contribution in [0.4, 0.5) is 0 Å². The molecule has 0 unspecified atom stereocenters. The first kappa shape index (κ1) is 16.3. The quantitative estimate of drug-likeness (QED) is 0.320. The van der Waals surface area contributed by atoms with E-state index in [1.807, 2.05) is 0 Å². The lowest BCUT2D eigenvalue weighted by Crippen LogP contribution is -2.16. The minimum Gasteiger partial charge on any atom is -0.356 e. The van der Waals surface area contributed by atoms with E-state index in [0.29, 0.717) is 0 Å². The maximum Gasteiger partial charge on any atom is 0.154 e. The molecule has 0 saturated heterocycles. The smallest absolute Gasteiger partial charge is 0.154 e. The predicted molar refractivity (Wildman–Crippen MR) is 66.3 cm³/mol. The molecule has 0 aromatic rings. The van der Waals surface area contributed by atoms with Gasteiger partial charge in [0.15, 0.2) is 12.6 Å². The number of rotatable bonds is 11. The predicted octanol–water partition coefficient (Wildman–Crippen LogP) is 1.31. The third-order valence-corrected chi connectivity index (χ3v) is 5.10. The van der Waals surface area contributed by atoms with Crippen molar-refractivity contribution in [2.45, 2.75) is 36.8 Å². The molecule has 0 aliphatic rings. The van der Waals surface area contributed by atoms with E-state index >= 15 is 0 Å². The van der Waals surface area contributed by atoms with Gasteiger partial charge in [0.25, 0.3) is 0 Å². The van der Waals surface area contributed by atoms with Gasteiger partial charge in [0.1, 0.15) is 0 Å². The summed E-state index contributed by atoms with van der Waals surface area (Å²) in [6.45, 7) is 0. The Morgan fingerprint density at radius 3 is 1.25 bits per heavy atom. The van der Waals surface area contributed by atoms with Crippen molar-refractivity contribution in [2.75, 3.05) is 28.4 Å². The molecule has 4 nitrogen and oxygen atoms in total. The zero-order valence-electron chi connectivity index (χ0n) is 10.6. The van der Waals surface area contributed by atoms with Gasteiger partial charge >= 0.3 is 0 Å². The number of ether oxygens (including phenoxy) is 4. The van der Waals surface area contributed by atoms with Gasteiger partial charge in [0.2, 0.25) is 0 Å². The highest BCUT2D eigenvalue weighted by molar-refractivity contribution is 6.42. The van der Waals surface area contributed by atoms with E-state index in [4.69, 9.17) is 18.9 Å². The third-order valence-electron chi connectivity index (χ3n) is 2.15. The molecule has 0 rings (SSSR count). The molecule has 16 heavy (non-hydrogen) atoms. The first-order valence-electron chi connectivity index (χ1n) is 5.31. The molecular weight excluding hydrogens is 240 g/mol. The second kappa shape index (κ2) is 11.8. The Morgan fingerprint density at radius 1 is 0.688 bits per heavy atom. The zero-order valence-corrected chi connectivity index (χ0v) is 12.6. The van der Waals surface area contributed by atoms with E-state index in [1.54, 1.807) is 28.4 Å². The molecule has 0 heterocycles. The van der Waals surface area contributed by atoms with Gasteiger partial charge in [-0.05, 0) is 12.1 Å². The normalized spacial score (nSPS) is 11.6. The van der Waals surface area contributed by atoms with Crippen molar-refractivity contribution in [3.8, 4) is 0 Å². The molecule has 0 aliphatic heterocycles. The fraction of sp³-hybridized carbons (Fsp3) is 1.00. The highest BCUT2D eigenvalue weighted by atomic mass is 28.2. The second-order valence-electron chi connectivity index (χ2n) is 3.21. The van der Waals surface area contributed by atoms with Gasteiger partial charge in [-0.15, -0.1) is 0 Å². The summed E-state index contributed by atoms with van der Waals surface area (Å²) in [6, 6.07) is 4.47. The van der Waals surface area contributed by atoms with Crippen LogP contribution in [-0.2, 0) is 18.9 Å². The molecule has 0 amide bonds. The fourth-order valence-corrected chi connectivity index (χ4v) is 4.10. The Labute approximate surface area is 104 Å². The summed E-state index contributed by atoms with van der Waals surface area (Å²) in [5.74, 6) is 0. The summed E-state index contributed by atoms with van der Waals surface area (Å²) in [6.07, 6.45) is -0.0697. The summed E-state index contributed by atoms with van der Waals surface area (Å²) >= 11 is 0. The third kappa shape index (κ3) is 8.43. The van der Waals surface area contributed by atoms with E-state index in [1.165, 1.54) is 12.1 Å². The Hall–Kier alpha value is 0.274. The van der Waals surface area contributed by atoms with Crippen LogP contribution in [-0.4, -0.2) is 60.1 Å². The molecule has 0 N–H and O–H groups in total. The first-order valence-corrected chi connectivity index (χ1v) is 8.13. The van der Waals surface area contributed by atoms with Crippen molar-refractivity contribution in [3.05, 3.63) is 0 Å². The van der Waals surface area contributed by atoms with Crippen LogP contribution < -0.4 is 0 Å². The van der Waals surface area contributed by atoms with Crippen molar-refractivity contribution >= 4 is 19.0 Å². The second-order valence-corrected chi connectivity index (χ2v) is 6.03. The molecule has 0 fully saturated rings. The summed E-state index contributed by atoms with van der Waals surface area (Å²) in [4.78, 5) is 0. The van der Waals surface area contributed by atoms with E-state index in [-0.39, 0.29) is 12.6 Å². The van der Waals surface area contributed by atoms with Crippen LogP contribution in [0.2, 0.25) is 24.2 Å². The van der Waals surface area contributed by atoms with Gasteiger partial charge in [-0.1, -0.05) is 12.1 Å². The van der Waals surface area contributed by atoms with Gasteiger partial charge in [0, 0.05) is 47.5 Å². The standard InChI is InChI=1S/C10H22O4Si2/c1-11-9(12-2)7-15-5-6-16-8-10(13-3)14-4/h9-10H,5-8H2,1-4H3. The van der Waals surface area contributed by atoms with Crippen LogP contribution in [0, 0.1) is 0 Å².